The Kier molecular flexibility index (Phi) is 5.42. The fourth-order valence-corrected chi connectivity index (χ4v) is 2.98. The molecule has 2 fully saturated rings. The molecule has 1 unspecified atom stereocenters. The standard InChI is InChI=1S/C14H28N2O2/c1-14(17-2)6-3-9-16(12-14)10-11-18-13-4-7-15-8-5-13/h13,15H,3-12H2,1-2H3. The van der Waals surface area contributed by atoms with E-state index < -0.39 is 0 Å². The molecule has 1 N–H and O–H groups in total. The highest BCUT2D eigenvalue weighted by molar-refractivity contribution is 4.84. The molecule has 0 spiro atoms. The van der Waals surface area contributed by atoms with Gasteiger partial charge in [0.1, 0.15) is 0 Å². The minimum absolute atomic E-state index is 0.0486. The van der Waals surface area contributed by atoms with Crippen LogP contribution in [-0.4, -0.2) is 63.0 Å². The number of likely N-dealkylation sites (tertiary alicyclic amines) is 1. The normalized spacial score (nSPS) is 31.7. The fraction of sp³-hybridized carbons (Fsp3) is 1.00. The molecule has 4 heteroatoms. The van der Waals surface area contributed by atoms with Crippen molar-refractivity contribution in [2.45, 2.75) is 44.3 Å². The number of piperidine rings is 2. The summed E-state index contributed by atoms with van der Waals surface area (Å²) in [6.45, 7) is 8.57. The highest BCUT2D eigenvalue weighted by Crippen LogP contribution is 2.23. The molecule has 0 aliphatic carbocycles. The van der Waals surface area contributed by atoms with Gasteiger partial charge in [0.2, 0.25) is 0 Å². The zero-order valence-corrected chi connectivity index (χ0v) is 11.9. The van der Waals surface area contributed by atoms with Crippen molar-refractivity contribution in [3.8, 4) is 0 Å². The Morgan fingerprint density at radius 3 is 2.83 bits per heavy atom. The summed E-state index contributed by atoms with van der Waals surface area (Å²) >= 11 is 0. The maximum absolute atomic E-state index is 5.97. The average Bonchev–Trinajstić information content (AvgIpc) is 2.40. The largest absolute Gasteiger partial charge is 0.377 e. The first-order valence-corrected chi connectivity index (χ1v) is 7.32. The summed E-state index contributed by atoms with van der Waals surface area (Å²) in [6, 6.07) is 0. The lowest BCUT2D eigenvalue weighted by molar-refractivity contribution is -0.0599. The van der Waals surface area contributed by atoms with Crippen molar-refractivity contribution >= 4 is 0 Å². The summed E-state index contributed by atoms with van der Waals surface area (Å²) in [5, 5.41) is 3.37. The number of nitrogens with one attached hydrogen (secondary N) is 1. The van der Waals surface area contributed by atoms with Gasteiger partial charge in [0.25, 0.3) is 0 Å². The molecule has 18 heavy (non-hydrogen) atoms. The molecule has 2 heterocycles. The maximum Gasteiger partial charge on any atom is 0.0777 e. The van der Waals surface area contributed by atoms with Gasteiger partial charge in [-0.15, -0.1) is 0 Å². The molecular formula is C14H28N2O2. The molecule has 0 saturated carbocycles. The predicted octanol–water partition coefficient (Wildman–Crippen LogP) is 1.26. The van der Waals surface area contributed by atoms with E-state index >= 15 is 0 Å². The average molecular weight is 256 g/mol. The summed E-state index contributed by atoms with van der Waals surface area (Å²) in [5.41, 5.74) is 0.0486. The van der Waals surface area contributed by atoms with Gasteiger partial charge in [-0.25, -0.2) is 0 Å². The molecule has 0 aromatic rings. The molecule has 4 nitrogen and oxygen atoms in total. The Hall–Kier alpha value is -0.160. The van der Waals surface area contributed by atoms with Gasteiger partial charge in [0.15, 0.2) is 0 Å². The summed E-state index contributed by atoms with van der Waals surface area (Å²) in [7, 11) is 1.83. The number of hydrogen-bond acceptors (Lipinski definition) is 4. The maximum atomic E-state index is 5.97. The van der Waals surface area contributed by atoms with Gasteiger partial charge in [0.05, 0.1) is 18.3 Å². The molecule has 0 aromatic heterocycles. The van der Waals surface area contributed by atoms with Crippen molar-refractivity contribution in [1.82, 2.24) is 10.2 Å². The Morgan fingerprint density at radius 1 is 1.33 bits per heavy atom. The molecule has 2 aliphatic heterocycles. The molecular weight excluding hydrogens is 228 g/mol. The van der Waals surface area contributed by atoms with Crippen LogP contribution in [0.1, 0.15) is 32.6 Å². The van der Waals surface area contributed by atoms with Gasteiger partial charge >= 0.3 is 0 Å². The predicted molar refractivity (Wildman–Crippen MR) is 72.9 cm³/mol. The summed E-state index contributed by atoms with van der Waals surface area (Å²) < 4.78 is 11.6. The zero-order chi connectivity index (χ0) is 12.8. The lowest BCUT2D eigenvalue weighted by atomic mass is 9.95. The summed E-state index contributed by atoms with van der Waals surface area (Å²) in [5.74, 6) is 0. The summed E-state index contributed by atoms with van der Waals surface area (Å²) in [6.07, 6.45) is 5.21. The van der Waals surface area contributed by atoms with Gasteiger partial charge in [-0.05, 0) is 52.2 Å². The smallest absolute Gasteiger partial charge is 0.0777 e. The molecule has 2 saturated heterocycles. The van der Waals surface area contributed by atoms with E-state index in [0.29, 0.717) is 6.10 Å². The second kappa shape index (κ2) is 6.85. The molecule has 2 aliphatic rings. The Balaban J connectivity index is 1.63. The van der Waals surface area contributed by atoms with Gasteiger partial charge in [0, 0.05) is 20.2 Å². The van der Waals surface area contributed by atoms with Gasteiger partial charge in [-0.3, -0.25) is 4.90 Å². The van der Waals surface area contributed by atoms with Crippen LogP contribution in [0.15, 0.2) is 0 Å². The second-order valence-electron chi connectivity index (χ2n) is 5.85. The van der Waals surface area contributed by atoms with Crippen molar-refractivity contribution in [1.29, 1.82) is 0 Å². The van der Waals surface area contributed by atoms with Crippen LogP contribution in [0.4, 0.5) is 0 Å². The van der Waals surface area contributed by atoms with Gasteiger partial charge in [-0.2, -0.15) is 0 Å². The Morgan fingerprint density at radius 2 is 2.11 bits per heavy atom. The first-order valence-electron chi connectivity index (χ1n) is 7.32. The van der Waals surface area contributed by atoms with E-state index in [0.717, 1.165) is 45.6 Å². The van der Waals surface area contributed by atoms with Crippen LogP contribution in [0, 0.1) is 0 Å². The second-order valence-corrected chi connectivity index (χ2v) is 5.85. The molecule has 1 atom stereocenters. The van der Waals surface area contributed by atoms with Crippen molar-refractivity contribution in [2.75, 3.05) is 46.4 Å². The van der Waals surface area contributed by atoms with Gasteiger partial charge in [-0.1, -0.05) is 0 Å². The minimum Gasteiger partial charge on any atom is -0.377 e. The van der Waals surface area contributed by atoms with E-state index in [1.54, 1.807) is 0 Å². The van der Waals surface area contributed by atoms with E-state index in [9.17, 15) is 0 Å². The van der Waals surface area contributed by atoms with Crippen molar-refractivity contribution in [3.63, 3.8) is 0 Å². The third-order valence-corrected chi connectivity index (χ3v) is 4.28. The van der Waals surface area contributed by atoms with E-state index in [1.165, 1.54) is 19.4 Å². The molecule has 0 bridgehead atoms. The van der Waals surface area contributed by atoms with Crippen LogP contribution < -0.4 is 5.32 Å². The van der Waals surface area contributed by atoms with Crippen LogP contribution in [0.2, 0.25) is 0 Å². The lowest BCUT2D eigenvalue weighted by Gasteiger charge is -2.39. The monoisotopic (exact) mass is 256 g/mol. The Labute approximate surface area is 111 Å². The van der Waals surface area contributed by atoms with Crippen LogP contribution >= 0.6 is 0 Å². The quantitative estimate of drug-likeness (QED) is 0.803. The number of nitrogens with zero attached hydrogens (tertiary/aromatic N) is 1. The van der Waals surface area contributed by atoms with E-state index in [-0.39, 0.29) is 5.60 Å². The number of ether oxygens (including phenoxy) is 2. The number of rotatable bonds is 5. The third kappa shape index (κ3) is 4.19. The molecule has 106 valence electrons. The third-order valence-electron chi connectivity index (χ3n) is 4.28. The molecule has 0 amide bonds. The van der Waals surface area contributed by atoms with Crippen LogP contribution in [-0.2, 0) is 9.47 Å². The van der Waals surface area contributed by atoms with Crippen LogP contribution in [0.3, 0.4) is 0 Å². The first kappa shape index (κ1) is 14.3. The zero-order valence-electron chi connectivity index (χ0n) is 11.9. The van der Waals surface area contributed by atoms with E-state index in [1.807, 2.05) is 7.11 Å². The summed E-state index contributed by atoms with van der Waals surface area (Å²) in [4.78, 5) is 2.48. The van der Waals surface area contributed by atoms with Crippen molar-refractivity contribution in [2.24, 2.45) is 0 Å². The van der Waals surface area contributed by atoms with E-state index in [4.69, 9.17) is 9.47 Å². The SMILES string of the molecule is COC1(C)CCCN(CCOC2CCNCC2)C1. The topological polar surface area (TPSA) is 33.7 Å². The fourth-order valence-electron chi connectivity index (χ4n) is 2.98. The highest BCUT2D eigenvalue weighted by atomic mass is 16.5. The number of methoxy groups -OCH3 is 1. The van der Waals surface area contributed by atoms with E-state index in [2.05, 4.69) is 17.1 Å². The molecule has 2 rings (SSSR count). The molecule has 0 radical (unpaired) electrons. The first-order chi connectivity index (χ1) is 8.72. The van der Waals surface area contributed by atoms with Crippen molar-refractivity contribution < 1.29 is 9.47 Å². The number of hydrogen-bond donors (Lipinski definition) is 1. The lowest BCUT2D eigenvalue weighted by Crippen LogP contribution is -2.48. The van der Waals surface area contributed by atoms with Crippen LogP contribution in [0.25, 0.3) is 0 Å². The van der Waals surface area contributed by atoms with Crippen molar-refractivity contribution in [3.05, 3.63) is 0 Å². The molecule has 0 aromatic carbocycles. The van der Waals surface area contributed by atoms with Crippen LogP contribution in [0.5, 0.6) is 0 Å². The highest BCUT2D eigenvalue weighted by Gasteiger charge is 2.30. The minimum atomic E-state index is 0.0486. The van der Waals surface area contributed by atoms with Gasteiger partial charge < -0.3 is 14.8 Å². The Bertz CT molecular complexity index is 244.